The molecule has 128 valence electrons. The van der Waals surface area contributed by atoms with Gasteiger partial charge in [0.15, 0.2) is 0 Å². The molecule has 1 aromatic carbocycles. The maximum atomic E-state index is 13.1. The van der Waals surface area contributed by atoms with Crippen molar-refractivity contribution in [1.82, 2.24) is 5.32 Å². The Morgan fingerprint density at radius 1 is 1.21 bits per heavy atom. The Morgan fingerprint density at radius 2 is 1.96 bits per heavy atom. The standard InChI is InChI=1S/C20H24BrNO2/c21-20-9-13-5-14(10-20)8-19(7-13,12-20)18(23)22-11-16-6-15-3-1-2-4-17(15)24-16/h1-4,13-14,16H,5-12H2,(H,22,23). The minimum atomic E-state index is -0.126. The van der Waals surface area contributed by atoms with Crippen molar-refractivity contribution in [3.05, 3.63) is 29.8 Å². The third-order valence-corrected chi connectivity index (χ3v) is 7.60. The predicted molar refractivity (Wildman–Crippen MR) is 96.3 cm³/mol. The molecule has 4 aliphatic carbocycles. The lowest BCUT2D eigenvalue weighted by molar-refractivity contribution is -0.144. The molecule has 4 fully saturated rings. The molecular formula is C20H24BrNO2. The summed E-state index contributed by atoms with van der Waals surface area (Å²) in [6.07, 6.45) is 8.05. The normalized spacial score (nSPS) is 41.8. The van der Waals surface area contributed by atoms with Gasteiger partial charge in [-0.1, -0.05) is 34.1 Å². The molecular weight excluding hydrogens is 366 g/mol. The summed E-state index contributed by atoms with van der Waals surface area (Å²) in [7, 11) is 0. The van der Waals surface area contributed by atoms with E-state index in [1.165, 1.54) is 24.8 Å². The first-order valence-electron chi connectivity index (χ1n) is 9.25. The second-order valence-electron chi connectivity index (χ2n) is 8.65. The molecule has 1 aliphatic heterocycles. The van der Waals surface area contributed by atoms with Crippen molar-refractivity contribution >= 4 is 21.8 Å². The van der Waals surface area contributed by atoms with Gasteiger partial charge in [0.25, 0.3) is 0 Å². The number of amides is 1. The maximum absolute atomic E-state index is 13.1. The van der Waals surface area contributed by atoms with Gasteiger partial charge in [-0.05, 0) is 62.0 Å². The number of nitrogens with one attached hydrogen (secondary N) is 1. The highest BCUT2D eigenvalue weighted by atomic mass is 79.9. The lowest BCUT2D eigenvalue weighted by Crippen LogP contribution is -2.58. The Hall–Kier alpha value is -1.03. The second-order valence-corrected chi connectivity index (χ2v) is 10.3. The van der Waals surface area contributed by atoms with Gasteiger partial charge in [-0.2, -0.15) is 0 Å². The van der Waals surface area contributed by atoms with E-state index >= 15 is 0 Å². The van der Waals surface area contributed by atoms with Crippen molar-refractivity contribution in [3.63, 3.8) is 0 Å². The number of ether oxygens (including phenoxy) is 1. The van der Waals surface area contributed by atoms with Crippen molar-refractivity contribution in [2.24, 2.45) is 17.3 Å². The van der Waals surface area contributed by atoms with Crippen LogP contribution in [0.1, 0.15) is 44.1 Å². The molecule has 3 unspecified atom stereocenters. The number of halogens is 1. The van der Waals surface area contributed by atoms with Crippen LogP contribution in [0.25, 0.3) is 0 Å². The summed E-state index contributed by atoms with van der Waals surface area (Å²) in [6.45, 7) is 0.625. The first-order valence-corrected chi connectivity index (χ1v) is 10.0. The summed E-state index contributed by atoms with van der Waals surface area (Å²) < 4.78 is 6.20. The summed E-state index contributed by atoms with van der Waals surface area (Å²) in [5.41, 5.74) is 1.13. The van der Waals surface area contributed by atoms with Gasteiger partial charge in [-0.25, -0.2) is 0 Å². The second kappa shape index (κ2) is 5.23. The molecule has 24 heavy (non-hydrogen) atoms. The molecule has 4 saturated carbocycles. The number of benzene rings is 1. The van der Waals surface area contributed by atoms with Crippen LogP contribution in [-0.2, 0) is 11.2 Å². The van der Waals surface area contributed by atoms with E-state index in [0.29, 0.717) is 6.54 Å². The average molecular weight is 390 g/mol. The third-order valence-electron chi connectivity index (χ3n) is 6.68. The zero-order chi connectivity index (χ0) is 16.4. The summed E-state index contributed by atoms with van der Waals surface area (Å²) in [5, 5.41) is 3.25. The summed E-state index contributed by atoms with van der Waals surface area (Å²) >= 11 is 3.99. The van der Waals surface area contributed by atoms with Gasteiger partial charge >= 0.3 is 0 Å². The minimum absolute atomic E-state index is 0.0817. The van der Waals surface area contributed by atoms with E-state index in [-0.39, 0.29) is 21.8 Å². The molecule has 0 radical (unpaired) electrons. The molecule has 1 heterocycles. The van der Waals surface area contributed by atoms with E-state index in [0.717, 1.165) is 43.3 Å². The fraction of sp³-hybridized carbons (Fsp3) is 0.650. The molecule has 0 aromatic heterocycles. The SMILES string of the molecule is O=C(NCC1Cc2ccccc2O1)C12CC3CC(CC(Br)(C3)C1)C2. The van der Waals surface area contributed by atoms with Gasteiger partial charge in [0, 0.05) is 10.7 Å². The van der Waals surface area contributed by atoms with Crippen LogP contribution in [0.5, 0.6) is 5.75 Å². The van der Waals surface area contributed by atoms with Crippen molar-refractivity contribution in [1.29, 1.82) is 0 Å². The fourth-order valence-corrected chi connectivity index (χ4v) is 7.63. The van der Waals surface area contributed by atoms with Crippen molar-refractivity contribution in [2.75, 3.05) is 6.54 Å². The molecule has 1 amide bonds. The predicted octanol–water partition coefficient (Wildman–Crippen LogP) is 3.84. The number of hydrogen-bond acceptors (Lipinski definition) is 2. The van der Waals surface area contributed by atoms with Gasteiger partial charge in [-0.15, -0.1) is 0 Å². The van der Waals surface area contributed by atoms with Crippen LogP contribution in [-0.4, -0.2) is 22.9 Å². The minimum Gasteiger partial charge on any atom is -0.488 e. The topological polar surface area (TPSA) is 38.3 Å². The van der Waals surface area contributed by atoms with Crippen LogP contribution in [0.15, 0.2) is 24.3 Å². The zero-order valence-electron chi connectivity index (χ0n) is 13.9. The van der Waals surface area contributed by atoms with Crippen molar-refractivity contribution < 1.29 is 9.53 Å². The molecule has 4 bridgehead atoms. The Balaban J connectivity index is 1.25. The molecule has 1 aromatic rings. The first kappa shape index (κ1) is 15.2. The van der Waals surface area contributed by atoms with Crippen LogP contribution >= 0.6 is 15.9 Å². The quantitative estimate of drug-likeness (QED) is 0.797. The number of carbonyl (C=O) groups excluding carboxylic acids is 1. The largest absolute Gasteiger partial charge is 0.488 e. The number of fused-ring (bicyclic) bond motifs is 1. The van der Waals surface area contributed by atoms with E-state index in [2.05, 4.69) is 27.3 Å². The number of rotatable bonds is 3. The lowest BCUT2D eigenvalue weighted by Gasteiger charge is -2.59. The first-order chi connectivity index (χ1) is 11.5. The van der Waals surface area contributed by atoms with E-state index in [1.807, 2.05) is 18.2 Å². The molecule has 4 heteroatoms. The van der Waals surface area contributed by atoms with Gasteiger partial charge in [-0.3, -0.25) is 4.79 Å². The van der Waals surface area contributed by atoms with E-state index < -0.39 is 0 Å². The lowest BCUT2D eigenvalue weighted by atomic mass is 9.49. The molecule has 1 N–H and O–H groups in total. The molecule has 3 atom stereocenters. The van der Waals surface area contributed by atoms with Crippen LogP contribution < -0.4 is 10.1 Å². The molecule has 3 nitrogen and oxygen atoms in total. The summed E-state index contributed by atoms with van der Waals surface area (Å²) in [4.78, 5) is 13.1. The molecule has 5 aliphatic rings. The van der Waals surface area contributed by atoms with Crippen LogP contribution in [0, 0.1) is 17.3 Å². The third kappa shape index (κ3) is 2.40. The highest BCUT2D eigenvalue weighted by Gasteiger charge is 2.59. The van der Waals surface area contributed by atoms with Gasteiger partial charge < -0.3 is 10.1 Å². The van der Waals surface area contributed by atoms with Crippen LogP contribution in [0.2, 0.25) is 0 Å². The molecule has 6 rings (SSSR count). The Labute approximate surface area is 151 Å². The monoisotopic (exact) mass is 389 g/mol. The number of carbonyl (C=O) groups is 1. The van der Waals surface area contributed by atoms with Crippen molar-refractivity contribution in [2.45, 2.75) is 55.4 Å². The smallest absolute Gasteiger partial charge is 0.226 e. The Morgan fingerprint density at radius 3 is 2.67 bits per heavy atom. The Bertz CT molecular complexity index is 649. The van der Waals surface area contributed by atoms with Gasteiger partial charge in [0.2, 0.25) is 5.91 Å². The number of hydrogen-bond donors (Lipinski definition) is 1. The van der Waals surface area contributed by atoms with E-state index in [9.17, 15) is 4.79 Å². The number of alkyl halides is 1. The zero-order valence-corrected chi connectivity index (χ0v) is 15.5. The molecule has 0 spiro atoms. The number of para-hydroxylation sites is 1. The van der Waals surface area contributed by atoms with E-state index in [1.54, 1.807) is 0 Å². The Kier molecular flexibility index (Phi) is 3.32. The molecule has 0 saturated heterocycles. The summed E-state index contributed by atoms with van der Waals surface area (Å²) in [6, 6.07) is 8.19. The highest BCUT2D eigenvalue weighted by molar-refractivity contribution is 9.10. The van der Waals surface area contributed by atoms with E-state index in [4.69, 9.17) is 4.74 Å². The van der Waals surface area contributed by atoms with Gasteiger partial charge in [0.1, 0.15) is 11.9 Å². The maximum Gasteiger partial charge on any atom is 0.226 e. The van der Waals surface area contributed by atoms with Crippen LogP contribution in [0.3, 0.4) is 0 Å². The fourth-order valence-electron chi connectivity index (χ4n) is 6.18. The summed E-state index contributed by atoms with van der Waals surface area (Å²) in [5.74, 6) is 2.73. The van der Waals surface area contributed by atoms with Crippen molar-refractivity contribution in [3.8, 4) is 5.75 Å². The highest BCUT2D eigenvalue weighted by Crippen LogP contribution is 2.64. The van der Waals surface area contributed by atoms with Crippen LogP contribution in [0.4, 0.5) is 0 Å². The van der Waals surface area contributed by atoms with Gasteiger partial charge in [0.05, 0.1) is 12.0 Å². The average Bonchev–Trinajstić information content (AvgIpc) is 2.93.